The van der Waals surface area contributed by atoms with E-state index in [4.69, 9.17) is 4.42 Å². The van der Waals surface area contributed by atoms with E-state index in [2.05, 4.69) is 4.98 Å². The lowest BCUT2D eigenvalue weighted by Crippen LogP contribution is -2.25. The largest absolute Gasteiger partial charge is 0.441 e. The molecule has 1 aromatic heterocycles. The number of hydrogen-bond donors (Lipinski definition) is 1. The summed E-state index contributed by atoms with van der Waals surface area (Å²) in [7, 11) is 0. The number of carbonyl (C=O) groups excluding carboxylic acids is 1. The van der Waals surface area contributed by atoms with Crippen LogP contribution in [0.5, 0.6) is 0 Å². The zero-order valence-electron chi connectivity index (χ0n) is 9.38. The van der Waals surface area contributed by atoms with Gasteiger partial charge < -0.3 is 14.4 Å². The molecule has 0 spiro atoms. The first kappa shape index (κ1) is 10.3. The summed E-state index contributed by atoms with van der Waals surface area (Å²) in [6.45, 7) is 2.13. The minimum atomic E-state index is -0.574. The molecule has 0 bridgehead atoms. The second-order valence-electron chi connectivity index (χ2n) is 4.25. The Hall–Kier alpha value is -1.88. The summed E-state index contributed by atoms with van der Waals surface area (Å²) in [5.74, 6) is 0.540. The maximum atomic E-state index is 11.6. The molecule has 1 fully saturated rings. The molecular weight excluding hydrogens is 220 g/mol. The first-order valence-corrected chi connectivity index (χ1v) is 5.49. The number of aliphatic hydroxyl groups is 1. The minimum Gasteiger partial charge on any atom is -0.441 e. The number of oxazole rings is 1. The SMILES string of the molecule is Cc1nc2ccc(N3CC(O)CC3=O)cc2o1. The van der Waals surface area contributed by atoms with Gasteiger partial charge in [0.25, 0.3) is 0 Å². The van der Waals surface area contributed by atoms with Crippen LogP contribution < -0.4 is 4.90 Å². The van der Waals surface area contributed by atoms with Crippen LogP contribution in [-0.2, 0) is 4.79 Å². The second-order valence-corrected chi connectivity index (χ2v) is 4.25. The van der Waals surface area contributed by atoms with Crippen LogP contribution >= 0.6 is 0 Å². The number of fused-ring (bicyclic) bond motifs is 1. The Morgan fingerprint density at radius 2 is 2.35 bits per heavy atom. The number of nitrogens with zero attached hydrogens (tertiary/aromatic N) is 2. The van der Waals surface area contributed by atoms with Crippen LogP contribution in [0.3, 0.4) is 0 Å². The molecule has 1 unspecified atom stereocenters. The molecule has 1 amide bonds. The van der Waals surface area contributed by atoms with Crippen LogP contribution in [0.2, 0.25) is 0 Å². The highest BCUT2D eigenvalue weighted by Gasteiger charge is 2.29. The molecule has 1 N–H and O–H groups in total. The van der Waals surface area contributed by atoms with Gasteiger partial charge in [-0.25, -0.2) is 4.98 Å². The Labute approximate surface area is 97.7 Å². The quantitative estimate of drug-likeness (QED) is 0.803. The zero-order valence-corrected chi connectivity index (χ0v) is 9.38. The summed E-state index contributed by atoms with van der Waals surface area (Å²) in [5, 5.41) is 9.45. The zero-order chi connectivity index (χ0) is 12.0. The topological polar surface area (TPSA) is 66.6 Å². The molecule has 1 saturated heterocycles. The molecule has 0 radical (unpaired) electrons. The molecule has 0 aliphatic carbocycles. The van der Waals surface area contributed by atoms with E-state index in [-0.39, 0.29) is 12.3 Å². The van der Waals surface area contributed by atoms with Gasteiger partial charge >= 0.3 is 0 Å². The Balaban J connectivity index is 2.03. The van der Waals surface area contributed by atoms with E-state index in [1.54, 1.807) is 17.9 Å². The van der Waals surface area contributed by atoms with Crippen LogP contribution in [0.15, 0.2) is 22.6 Å². The van der Waals surface area contributed by atoms with Gasteiger partial charge in [0.05, 0.1) is 19.1 Å². The summed E-state index contributed by atoms with van der Waals surface area (Å²) in [6.07, 6.45) is -0.386. The standard InChI is InChI=1S/C12H12N2O3/c1-7-13-10-3-2-8(4-11(10)17-7)14-6-9(15)5-12(14)16/h2-4,9,15H,5-6H2,1H3. The first-order valence-electron chi connectivity index (χ1n) is 5.49. The summed E-state index contributed by atoms with van der Waals surface area (Å²) >= 11 is 0. The molecule has 17 heavy (non-hydrogen) atoms. The summed E-state index contributed by atoms with van der Waals surface area (Å²) < 4.78 is 5.42. The number of hydrogen-bond acceptors (Lipinski definition) is 4. The van der Waals surface area contributed by atoms with Gasteiger partial charge in [-0.15, -0.1) is 0 Å². The number of rotatable bonds is 1. The van der Waals surface area contributed by atoms with Gasteiger partial charge in [0.1, 0.15) is 5.52 Å². The van der Waals surface area contributed by atoms with E-state index in [1.807, 2.05) is 12.1 Å². The van der Waals surface area contributed by atoms with Gasteiger partial charge in [0.15, 0.2) is 11.5 Å². The molecular formula is C12H12N2O3. The van der Waals surface area contributed by atoms with Gasteiger partial charge in [0.2, 0.25) is 5.91 Å². The van der Waals surface area contributed by atoms with Crippen molar-refractivity contribution in [1.29, 1.82) is 0 Å². The van der Waals surface area contributed by atoms with Crippen LogP contribution in [0.1, 0.15) is 12.3 Å². The highest BCUT2D eigenvalue weighted by molar-refractivity contribution is 5.97. The smallest absolute Gasteiger partial charge is 0.229 e. The molecule has 0 saturated carbocycles. The number of β-amino-alcohol motifs (C(OH)–C–C–N with tert-alkyl or cyclic N) is 1. The van der Waals surface area contributed by atoms with Crippen LogP contribution in [-0.4, -0.2) is 28.6 Å². The van der Waals surface area contributed by atoms with E-state index in [9.17, 15) is 9.90 Å². The van der Waals surface area contributed by atoms with Gasteiger partial charge in [0, 0.05) is 18.7 Å². The van der Waals surface area contributed by atoms with Crippen molar-refractivity contribution in [1.82, 2.24) is 4.98 Å². The Morgan fingerprint density at radius 1 is 1.53 bits per heavy atom. The average Bonchev–Trinajstić information content (AvgIpc) is 2.78. The van der Waals surface area contributed by atoms with Crippen molar-refractivity contribution in [3.63, 3.8) is 0 Å². The minimum absolute atomic E-state index is 0.0620. The third-order valence-corrected chi connectivity index (χ3v) is 2.90. The van der Waals surface area contributed by atoms with E-state index in [1.165, 1.54) is 0 Å². The molecule has 88 valence electrons. The van der Waals surface area contributed by atoms with Crippen LogP contribution in [0, 0.1) is 6.92 Å². The van der Waals surface area contributed by atoms with Crippen molar-refractivity contribution in [2.24, 2.45) is 0 Å². The van der Waals surface area contributed by atoms with Crippen LogP contribution in [0.25, 0.3) is 11.1 Å². The number of aryl methyl sites for hydroxylation is 1. The molecule has 1 aliphatic rings. The van der Waals surface area contributed by atoms with E-state index in [0.717, 1.165) is 11.2 Å². The molecule has 1 atom stereocenters. The first-order chi connectivity index (χ1) is 8.13. The number of carbonyl (C=O) groups is 1. The van der Waals surface area contributed by atoms with Crippen molar-refractivity contribution < 1.29 is 14.3 Å². The van der Waals surface area contributed by atoms with E-state index in [0.29, 0.717) is 18.0 Å². The lowest BCUT2D eigenvalue weighted by Gasteiger charge is -2.15. The molecule has 3 rings (SSSR count). The molecule has 2 aromatic rings. The highest BCUT2D eigenvalue weighted by Crippen LogP contribution is 2.26. The normalized spacial score (nSPS) is 20.5. The van der Waals surface area contributed by atoms with Gasteiger partial charge in [-0.2, -0.15) is 0 Å². The predicted octanol–water partition coefficient (Wildman–Crippen LogP) is 1.23. The number of benzene rings is 1. The summed E-state index contributed by atoms with van der Waals surface area (Å²) in [6, 6.07) is 5.42. The average molecular weight is 232 g/mol. The number of anilines is 1. The number of aromatic nitrogens is 1. The van der Waals surface area contributed by atoms with Crippen molar-refractivity contribution in [3.8, 4) is 0 Å². The van der Waals surface area contributed by atoms with E-state index < -0.39 is 6.10 Å². The highest BCUT2D eigenvalue weighted by atomic mass is 16.3. The maximum absolute atomic E-state index is 11.6. The Kier molecular flexibility index (Phi) is 2.16. The number of aliphatic hydroxyl groups excluding tert-OH is 1. The summed E-state index contributed by atoms with van der Waals surface area (Å²) in [4.78, 5) is 17.4. The Morgan fingerprint density at radius 3 is 3.06 bits per heavy atom. The van der Waals surface area contributed by atoms with Crippen molar-refractivity contribution in [2.75, 3.05) is 11.4 Å². The fourth-order valence-corrected chi connectivity index (χ4v) is 2.13. The summed E-state index contributed by atoms with van der Waals surface area (Å²) in [5.41, 5.74) is 2.18. The van der Waals surface area contributed by atoms with Crippen LogP contribution in [0.4, 0.5) is 5.69 Å². The number of amides is 1. The Bertz CT molecular complexity index is 590. The molecule has 1 aromatic carbocycles. The van der Waals surface area contributed by atoms with Crippen molar-refractivity contribution >= 4 is 22.7 Å². The lowest BCUT2D eigenvalue weighted by atomic mass is 10.2. The fourth-order valence-electron chi connectivity index (χ4n) is 2.13. The maximum Gasteiger partial charge on any atom is 0.229 e. The third-order valence-electron chi connectivity index (χ3n) is 2.90. The molecule has 5 nitrogen and oxygen atoms in total. The van der Waals surface area contributed by atoms with Gasteiger partial charge in [-0.05, 0) is 12.1 Å². The van der Waals surface area contributed by atoms with Crippen molar-refractivity contribution in [3.05, 3.63) is 24.1 Å². The van der Waals surface area contributed by atoms with Crippen molar-refractivity contribution in [2.45, 2.75) is 19.4 Å². The molecule has 2 heterocycles. The lowest BCUT2D eigenvalue weighted by molar-refractivity contribution is -0.117. The molecule has 5 heteroatoms. The fraction of sp³-hybridized carbons (Fsp3) is 0.333. The van der Waals surface area contributed by atoms with Gasteiger partial charge in [-0.3, -0.25) is 4.79 Å². The second kappa shape index (κ2) is 3.56. The predicted molar refractivity (Wildman–Crippen MR) is 61.7 cm³/mol. The molecule has 1 aliphatic heterocycles. The van der Waals surface area contributed by atoms with E-state index >= 15 is 0 Å². The van der Waals surface area contributed by atoms with Gasteiger partial charge in [-0.1, -0.05) is 0 Å². The third kappa shape index (κ3) is 1.68. The monoisotopic (exact) mass is 232 g/mol.